The van der Waals surface area contributed by atoms with Gasteiger partial charge in [-0.05, 0) is 36.3 Å². The van der Waals surface area contributed by atoms with Gasteiger partial charge in [-0.25, -0.2) is 0 Å². The van der Waals surface area contributed by atoms with Crippen LogP contribution in [0.1, 0.15) is 11.5 Å². The highest BCUT2D eigenvalue weighted by Gasteiger charge is 2.10. The van der Waals surface area contributed by atoms with Crippen LogP contribution in [0, 0.1) is 11.8 Å². The van der Waals surface area contributed by atoms with E-state index < -0.39 is 6.61 Å². The van der Waals surface area contributed by atoms with Crippen molar-refractivity contribution in [3.05, 3.63) is 60.2 Å². The first-order valence-corrected chi connectivity index (χ1v) is 6.51. The lowest BCUT2D eigenvalue weighted by Gasteiger charge is -2.04. The number of aromatic nitrogens is 3. The van der Waals surface area contributed by atoms with Crippen molar-refractivity contribution in [3.8, 4) is 29.0 Å². The van der Waals surface area contributed by atoms with Gasteiger partial charge in [-0.15, -0.1) is 5.10 Å². The Morgan fingerprint density at radius 2 is 2.00 bits per heavy atom. The number of ether oxygens (including phenoxy) is 1. The number of alkyl halides is 2. The Morgan fingerprint density at radius 3 is 2.78 bits per heavy atom. The topological polar surface area (TPSA) is 61.0 Å². The van der Waals surface area contributed by atoms with Crippen LogP contribution in [0.4, 0.5) is 8.78 Å². The molecule has 0 spiro atoms. The van der Waals surface area contributed by atoms with Gasteiger partial charge in [0.1, 0.15) is 5.75 Å². The summed E-state index contributed by atoms with van der Waals surface area (Å²) in [4.78, 5) is 3.94. The third-order valence-corrected chi connectivity index (χ3v) is 2.71. The van der Waals surface area contributed by atoms with Crippen LogP contribution in [0.3, 0.4) is 0 Å². The minimum absolute atomic E-state index is 0.0127. The third-order valence-electron chi connectivity index (χ3n) is 2.71. The molecule has 3 aromatic rings. The molecule has 0 amide bonds. The highest BCUT2D eigenvalue weighted by atomic mass is 19.3. The molecule has 0 unspecified atom stereocenters. The molecule has 2 aromatic heterocycles. The number of rotatable bonds is 3. The van der Waals surface area contributed by atoms with Gasteiger partial charge in [0, 0.05) is 23.5 Å². The van der Waals surface area contributed by atoms with Crippen LogP contribution >= 0.6 is 0 Å². The van der Waals surface area contributed by atoms with Gasteiger partial charge in [-0.2, -0.15) is 8.78 Å². The molecule has 0 bridgehead atoms. The molecule has 3 rings (SSSR count). The molecule has 0 fully saturated rings. The zero-order valence-corrected chi connectivity index (χ0v) is 11.6. The molecule has 0 N–H and O–H groups in total. The van der Waals surface area contributed by atoms with Crippen molar-refractivity contribution in [2.24, 2.45) is 0 Å². The van der Waals surface area contributed by atoms with E-state index in [1.807, 2.05) is 0 Å². The highest BCUT2D eigenvalue weighted by Crippen LogP contribution is 2.23. The minimum atomic E-state index is -2.89. The summed E-state index contributed by atoms with van der Waals surface area (Å²) >= 11 is 0. The number of halogens is 2. The lowest BCUT2D eigenvalue weighted by atomic mass is 10.2. The third kappa shape index (κ3) is 3.89. The Hall–Kier alpha value is -3.27. The molecule has 0 atom stereocenters. The van der Waals surface area contributed by atoms with Crippen molar-refractivity contribution >= 4 is 0 Å². The fraction of sp³-hybridized carbons (Fsp3) is 0.0625. The molecule has 7 heteroatoms. The number of pyridine rings is 1. The minimum Gasteiger partial charge on any atom is -0.435 e. The molecule has 1 aromatic carbocycles. The fourth-order valence-corrected chi connectivity index (χ4v) is 1.76. The molecule has 23 heavy (non-hydrogen) atoms. The maximum Gasteiger partial charge on any atom is 0.387 e. The van der Waals surface area contributed by atoms with Crippen molar-refractivity contribution in [3.63, 3.8) is 0 Å². The molecule has 0 saturated heterocycles. The van der Waals surface area contributed by atoms with E-state index >= 15 is 0 Å². The summed E-state index contributed by atoms with van der Waals surface area (Å²) in [6, 6.07) is 9.55. The lowest BCUT2D eigenvalue weighted by molar-refractivity contribution is -0.0498. The first kappa shape index (κ1) is 14.7. The second-order valence-corrected chi connectivity index (χ2v) is 4.31. The number of hydrogen-bond acceptors (Lipinski definition) is 5. The van der Waals surface area contributed by atoms with Crippen molar-refractivity contribution < 1.29 is 17.9 Å². The summed E-state index contributed by atoms with van der Waals surface area (Å²) in [6.45, 7) is -2.89. The van der Waals surface area contributed by atoms with Crippen LogP contribution < -0.4 is 4.74 Å². The highest BCUT2D eigenvalue weighted by molar-refractivity contribution is 5.55. The van der Waals surface area contributed by atoms with Gasteiger partial charge < -0.3 is 9.15 Å². The number of nitrogens with zero attached hydrogens (tertiary/aromatic N) is 3. The molecule has 0 saturated carbocycles. The molecule has 0 aliphatic rings. The Labute approximate surface area is 130 Å². The number of hydrogen-bond donors (Lipinski definition) is 0. The van der Waals surface area contributed by atoms with E-state index in [0.29, 0.717) is 11.1 Å². The molecule has 0 aliphatic heterocycles. The Morgan fingerprint density at radius 1 is 1.09 bits per heavy atom. The lowest BCUT2D eigenvalue weighted by Crippen LogP contribution is -2.01. The van der Waals surface area contributed by atoms with Gasteiger partial charge in [-0.3, -0.25) is 4.98 Å². The van der Waals surface area contributed by atoms with Crippen LogP contribution in [0.15, 0.2) is 53.2 Å². The molecular weight excluding hydrogens is 304 g/mol. The van der Waals surface area contributed by atoms with E-state index in [2.05, 4.69) is 31.8 Å². The van der Waals surface area contributed by atoms with E-state index in [-0.39, 0.29) is 17.5 Å². The normalized spacial score (nSPS) is 10.2. The van der Waals surface area contributed by atoms with Gasteiger partial charge in [0.05, 0.1) is 0 Å². The van der Waals surface area contributed by atoms with Crippen molar-refractivity contribution in [1.82, 2.24) is 15.2 Å². The molecule has 0 aliphatic carbocycles. The Balaban J connectivity index is 1.81. The fourth-order valence-electron chi connectivity index (χ4n) is 1.76. The van der Waals surface area contributed by atoms with Gasteiger partial charge in [0.2, 0.25) is 5.89 Å². The summed E-state index contributed by atoms with van der Waals surface area (Å²) in [5.41, 5.74) is 1.17. The van der Waals surface area contributed by atoms with Crippen LogP contribution in [-0.4, -0.2) is 21.8 Å². The molecule has 2 heterocycles. The summed E-state index contributed by atoms with van der Waals surface area (Å²) in [5.74, 6) is 5.84. The van der Waals surface area contributed by atoms with E-state index in [4.69, 9.17) is 4.42 Å². The quantitative estimate of drug-likeness (QED) is 0.695. The maximum absolute atomic E-state index is 12.2. The van der Waals surface area contributed by atoms with Crippen LogP contribution in [0.25, 0.3) is 11.5 Å². The monoisotopic (exact) mass is 313 g/mol. The van der Waals surface area contributed by atoms with Crippen LogP contribution in [0.5, 0.6) is 5.75 Å². The van der Waals surface area contributed by atoms with E-state index in [1.165, 1.54) is 12.1 Å². The van der Waals surface area contributed by atoms with E-state index in [0.717, 1.165) is 0 Å². The first-order valence-electron chi connectivity index (χ1n) is 6.51. The predicted molar refractivity (Wildman–Crippen MR) is 76.6 cm³/mol. The molecule has 0 radical (unpaired) electrons. The van der Waals surface area contributed by atoms with Crippen LogP contribution in [0.2, 0.25) is 0 Å². The summed E-state index contributed by atoms with van der Waals surface area (Å²) in [5, 5.41) is 7.64. The summed E-state index contributed by atoms with van der Waals surface area (Å²) < 4.78 is 34.2. The van der Waals surface area contributed by atoms with Gasteiger partial charge in [0.25, 0.3) is 5.89 Å². The first-order chi connectivity index (χ1) is 11.2. The summed E-state index contributed by atoms with van der Waals surface area (Å²) in [6.07, 6.45) is 3.25. The SMILES string of the molecule is FC(F)Oc1cccc(-c2nnc(C#Cc3cccnc3)o2)c1. The second-order valence-electron chi connectivity index (χ2n) is 4.31. The molecule has 5 nitrogen and oxygen atoms in total. The average molecular weight is 313 g/mol. The average Bonchev–Trinajstić information content (AvgIpc) is 3.03. The van der Waals surface area contributed by atoms with Crippen LogP contribution in [-0.2, 0) is 0 Å². The zero-order chi connectivity index (χ0) is 16.1. The number of benzene rings is 1. The standard InChI is InChI=1S/C16H9F2N3O2/c17-16(18)22-13-5-1-4-12(9-13)15-21-20-14(23-15)7-6-11-3-2-8-19-10-11/h1-5,8-10,16H. The van der Waals surface area contributed by atoms with Gasteiger partial charge in [-0.1, -0.05) is 17.1 Å². The van der Waals surface area contributed by atoms with Crippen molar-refractivity contribution in [2.75, 3.05) is 0 Å². The smallest absolute Gasteiger partial charge is 0.387 e. The Bertz CT molecular complexity index is 854. The molecular formula is C16H9F2N3O2. The second kappa shape index (κ2) is 6.66. The Kier molecular flexibility index (Phi) is 4.25. The van der Waals surface area contributed by atoms with Gasteiger partial charge in [0.15, 0.2) is 0 Å². The van der Waals surface area contributed by atoms with Crippen molar-refractivity contribution in [2.45, 2.75) is 6.61 Å². The predicted octanol–water partition coefficient (Wildman–Crippen LogP) is 3.13. The maximum atomic E-state index is 12.2. The summed E-state index contributed by atoms with van der Waals surface area (Å²) in [7, 11) is 0. The van der Waals surface area contributed by atoms with Gasteiger partial charge >= 0.3 is 6.61 Å². The van der Waals surface area contributed by atoms with E-state index in [1.54, 1.807) is 36.7 Å². The van der Waals surface area contributed by atoms with Crippen molar-refractivity contribution in [1.29, 1.82) is 0 Å². The van der Waals surface area contributed by atoms with E-state index in [9.17, 15) is 8.78 Å². The molecule has 114 valence electrons. The zero-order valence-electron chi connectivity index (χ0n) is 11.6. The largest absolute Gasteiger partial charge is 0.435 e.